The zero-order chi connectivity index (χ0) is 10.3. The van der Waals surface area contributed by atoms with Crippen molar-refractivity contribution >= 4 is 11.9 Å². The Hall–Kier alpha value is -0.940. The third-order valence-electron chi connectivity index (χ3n) is 1.34. The van der Waals surface area contributed by atoms with Crippen molar-refractivity contribution in [2.24, 2.45) is 0 Å². The molecule has 0 bridgehead atoms. The SMILES string of the molecule is CC(O)C(=O)OC(=O)CCCCO. The van der Waals surface area contributed by atoms with Crippen molar-refractivity contribution in [1.82, 2.24) is 0 Å². The minimum atomic E-state index is -1.28. The van der Waals surface area contributed by atoms with Gasteiger partial charge < -0.3 is 14.9 Å². The molecule has 2 N–H and O–H groups in total. The van der Waals surface area contributed by atoms with Crippen LogP contribution in [0.25, 0.3) is 0 Å². The van der Waals surface area contributed by atoms with Gasteiger partial charge in [-0.05, 0) is 19.8 Å². The third-order valence-corrected chi connectivity index (χ3v) is 1.34. The van der Waals surface area contributed by atoms with Crippen LogP contribution < -0.4 is 0 Å². The lowest BCUT2D eigenvalue weighted by molar-refractivity contribution is -0.165. The molecule has 0 spiro atoms. The molecule has 5 heteroatoms. The van der Waals surface area contributed by atoms with Crippen LogP contribution in [0.15, 0.2) is 0 Å². The third kappa shape index (κ3) is 6.24. The molecule has 0 aromatic carbocycles. The Bertz CT molecular complexity index is 175. The molecule has 13 heavy (non-hydrogen) atoms. The average Bonchev–Trinajstić information content (AvgIpc) is 2.04. The van der Waals surface area contributed by atoms with E-state index in [-0.39, 0.29) is 13.0 Å². The molecular formula is C8H14O5. The van der Waals surface area contributed by atoms with E-state index in [9.17, 15) is 9.59 Å². The Balaban J connectivity index is 3.56. The number of aliphatic hydroxyl groups is 2. The van der Waals surface area contributed by atoms with Crippen molar-refractivity contribution in [2.45, 2.75) is 32.3 Å². The van der Waals surface area contributed by atoms with Crippen LogP contribution in [0.4, 0.5) is 0 Å². The Morgan fingerprint density at radius 2 is 2.00 bits per heavy atom. The standard InChI is InChI=1S/C8H14O5/c1-6(10)8(12)13-7(11)4-2-3-5-9/h6,9-10H,2-5H2,1H3. The van der Waals surface area contributed by atoms with Crippen molar-refractivity contribution < 1.29 is 24.5 Å². The smallest absolute Gasteiger partial charge is 0.342 e. The number of carbonyl (C=O) groups is 2. The highest BCUT2D eigenvalue weighted by Gasteiger charge is 2.14. The van der Waals surface area contributed by atoms with Gasteiger partial charge in [-0.1, -0.05) is 0 Å². The van der Waals surface area contributed by atoms with Crippen molar-refractivity contribution in [1.29, 1.82) is 0 Å². The lowest BCUT2D eigenvalue weighted by atomic mass is 10.2. The van der Waals surface area contributed by atoms with Crippen molar-refractivity contribution in [2.75, 3.05) is 6.61 Å². The van der Waals surface area contributed by atoms with Crippen LogP contribution in [0.2, 0.25) is 0 Å². The Labute approximate surface area is 76.3 Å². The number of aliphatic hydroxyl groups excluding tert-OH is 2. The van der Waals surface area contributed by atoms with Crippen LogP contribution in [0.3, 0.4) is 0 Å². The molecule has 0 rings (SSSR count). The van der Waals surface area contributed by atoms with Crippen molar-refractivity contribution in [3.05, 3.63) is 0 Å². The molecule has 1 atom stereocenters. The zero-order valence-electron chi connectivity index (χ0n) is 7.52. The molecule has 76 valence electrons. The molecule has 0 saturated carbocycles. The first kappa shape index (κ1) is 12.1. The molecule has 0 fully saturated rings. The Morgan fingerprint density at radius 1 is 1.38 bits per heavy atom. The number of unbranched alkanes of at least 4 members (excludes halogenated alkanes) is 1. The van der Waals surface area contributed by atoms with Gasteiger partial charge in [-0.3, -0.25) is 4.79 Å². The fraction of sp³-hybridized carbons (Fsp3) is 0.750. The van der Waals surface area contributed by atoms with E-state index in [2.05, 4.69) is 4.74 Å². The minimum Gasteiger partial charge on any atom is -0.396 e. The van der Waals surface area contributed by atoms with E-state index in [1.54, 1.807) is 0 Å². The molecule has 1 unspecified atom stereocenters. The maximum atomic E-state index is 10.8. The van der Waals surface area contributed by atoms with Gasteiger partial charge in [0.1, 0.15) is 6.10 Å². The Morgan fingerprint density at radius 3 is 2.46 bits per heavy atom. The summed E-state index contributed by atoms with van der Waals surface area (Å²) in [7, 11) is 0. The van der Waals surface area contributed by atoms with Gasteiger partial charge in [-0.25, -0.2) is 4.79 Å². The minimum absolute atomic E-state index is 0.0115. The predicted molar refractivity (Wildman–Crippen MR) is 43.7 cm³/mol. The van der Waals surface area contributed by atoms with Crippen LogP contribution in [-0.4, -0.2) is 34.9 Å². The van der Waals surface area contributed by atoms with Gasteiger partial charge in [-0.2, -0.15) is 0 Å². The summed E-state index contributed by atoms with van der Waals surface area (Å²) in [5.41, 5.74) is 0. The molecular weight excluding hydrogens is 176 g/mol. The second-order valence-electron chi connectivity index (χ2n) is 2.65. The van der Waals surface area contributed by atoms with Crippen LogP contribution in [0.1, 0.15) is 26.2 Å². The highest BCUT2D eigenvalue weighted by molar-refractivity contribution is 5.87. The summed E-state index contributed by atoms with van der Waals surface area (Å²) in [6.45, 7) is 1.24. The average molecular weight is 190 g/mol. The lowest BCUT2D eigenvalue weighted by Gasteiger charge is -2.03. The van der Waals surface area contributed by atoms with E-state index in [0.717, 1.165) is 0 Å². The topological polar surface area (TPSA) is 83.8 Å². The molecule has 0 heterocycles. The van der Waals surface area contributed by atoms with E-state index < -0.39 is 18.0 Å². The number of hydrogen-bond donors (Lipinski definition) is 2. The summed E-state index contributed by atoms with van der Waals surface area (Å²) in [5, 5.41) is 17.1. The van der Waals surface area contributed by atoms with Gasteiger partial charge in [0.05, 0.1) is 0 Å². The van der Waals surface area contributed by atoms with Gasteiger partial charge in [-0.15, -0.1) is 0 Å². The highest BCUT2D eigenvalue weighted by atomic mass is 16.6. The second kappa shape index (κ2) is 6.56. The molecule has 0 aliphatic carbocycles. The number of esters is 2. The first-order valence-electron chi connectivity index (χ1n) is 4.11. The number of ether oxygens (including phenoxy) is 1. The maximum absolute atomic E-state index is 10.8. The van der Waals surface area contributed by atoms with Gasteiger partial charge in [0.15, 0.2) is 0 Å². The van der Waals surface area contributed by atoms with E-state index in [4.69, 9.17) is 10.2 Å². The summed E-state index contributed by atoms with van der Waals surface area (Å²) in [6.07, 6.45) is -0.221. The molecule has 0 radical (unpaired) electrons. The molecule has 0 aliphatic heterocycles. The van der Waals surface area contributed by atoms with Crippen LogP contribution >= 0.6 is 0 Å². The van der Waals surface area contributed by atoms with E-state index in [0.29, 0.717) is 12.8 Å². The fourth-order valence-electron chi connectivity index (χ4n) is 0.630. The van der Waals surface area contributed by atoms with E-state index in [1.165, 1.54) is 6.92 Å². The number of hydrogen-bond acceptors (Lipinski definition) is 5. The van der Waals surface area contributed by atoms with Gasteiger partial charge in [0.2, 0.25) is 0 Å². The van der Waals surface area contributed by atoms with Gasteiger partial charge >= 0.3 is 11.9 Å². The predicted octanol–water partition coefficient (Wildman–Crippen LogP) is -0.400. The van der Waals surface area contributed by atoms with Crippen LogP contribution in [0, 0.1) is 0 Å². The summed E-state index contributed by atoms with van der Waals surface area (Å²) >= 11 is 0. The zero-order valence-corrected chi connectivity index (χ0v) is 7.52. The Kier molecular flexibility index (Phi) is 6.09. The molecule has 0 amide bonds. The monoisotopic (exact) mass is 190 g/mol. The lowest BCUT2D eigenvalue weighted by Crippen LogP contribution is -2.22. The van der Waals surface area contributed by atoms with Gasteiger partial charge in [0.25, 0.3) is 0 Å². The summed E-state index contributed by atoms with van der Waals surface area (Å²) in [4.78, 5) is 21.4. The van der Waals surface area contributed by atoms with E-state index in [1.807, 2.05) is 0 Å². The largest absolute Gasteiger partial charge is 0.396 e. The van der Waals surface area contributed by atoms with Crippen LogP contribution in [-0.2, 0) is 14.3 Å². The maximum Gasteiger partial charge on any atom is 0.342 e. The molecule has 5 nitrogen and oxygen atoms in total. The molecule has 0 saturated heterocycles. The first-order chi connectivity index (χ1) is 6.07. The van der Waals surface area contributed by atoms with E-state index >= 15 is 0 Å². The summed E-state index contributed by atoms with van der Waals surface area (Å²) < 4.78 is 4.25. The van der Waals surface area contributed by atoms with Crippen molar-refractivity contribution in [3.63, 3.8) is 0 Å². The normalized spacial score (nSPS) is 12.2. The summed E-state index contributed by atoms with van der Waals surface area (Å²) in [6, 6.07) is 0. The number of rotatable bonds is 5. The first-order valence-corrected chi connectivity index (χ1v) is 4.11. The molecule has 0 aromatic rings. The number of carbonyl (C=O) groups excluding carboxylic acids is 2. The molecule has 0 aliphatic rings. The quantitative estimate of drug-likeness (QED) is 0.350. The highest BCUT2D eigenvalue weighted by Crippen LogP contribution is 1.98. The fourth-order valence-corrected chi connectivity index (χ4v) is 0.630. The van der Waals surface area contributed by atoms with Gasteiger partial charge in [0, 0.05) is 13.0 Å². The molecule has 0 aromatic heterocycles. The van der Waals surface area contributed by atoms with Crippen molar-refractivity contribution in [3.8, 4) is 0 Å². The summed E-state index contributed by atoms with van der Waals surface area (Å²) in [5.74, 6) is -1.60. The van der Waals surface area contributed by atoms with Crippen LogP contribution in [0.5, 0.6) is 0 Å². The second-order valence-corrected chi connectivity index (χ2v) is 2.65.